The molecule has 0 amide bonds. The summed E-state index contributed by atoms with van der Waals surface area (Å²) in [7, 11) is 1.62. The highest BCUT2D eigenvalue weighted by molar-refractivity contribution is 5.84. The molecule has 0 radical (unpaired) electrons. The Balaban J connectivity index is 2.77. The summed E-state index contributed by atoms with van der Waals surface area (Å²) in [6.45, 7) is 2.84. The van der Waals surface area contributed by atoms with Crippen LogP contribution in [0, 0.1) is 0 Å². The Bertz CT molecular complexity index is 364. The minimum absolute atomic E-state index is 0.680. The molecule has 1 aromatic carbocycles. The Morgan fingerprint density at radius 1 is 1.35 bits per heavy atom. The second-order valence-corrected chi connectivity index (χ2v) is 3.71. The Kier molecular flexibility index (Phi) is 5.93. The predicted octanol–water partition coefficient (Wildman–Crippen LogP) is 2.56. The summed E-state index contributed by atoms with van der Waals surface area (Å²) in [4.78, 5) is 0. The van der Waals surface area contributed by atoms with Gasteiger partial charge in [0, 0.05) is 5.56 Å². The van der Waals surface area contributed by atoms with Crippen molar-refractivity contribution < 1.29 is 9.47 Å². The van der Waals surface area contributed by atoms with E-state index in [1.807, 2.05) is 18.2 Å². The second-order valence-electron chi connectivity index (χ2n) is 3.71. The molecule has 4 nitrogen and oxygen atoms in total. The van der Waals surface area contributed by atoms with Crippen molar-refractivity contribution in [2.45, 2.75) is 26.2 Å². The van der Waals surface area contributed by atoms with Crippen LogP contribution in [0.15, 0.2) is 23.3 Å². The number of hydrogen-bond donors (Lipinski definition) is 1. The Morgan fingerprint density at radius 3 is 2.82 bits per heavy atom. The monoisotopic (exact) mass is 236 g/mol. The Hall–Kier alpha value is -1.71. The molecule has 17 heavy (non-hydrogen) atoms. The van der Waals surface area contributed by atoms with Crippen LogP contribution in [-0.4, -0.2) is 19.9 Å². The maximum absolute atomic E-state index is 5.74. The SMILES string of the molecule is CCCCCOc1c(C=NN)cccc1OC. The van der Waals surface area contributed by atoms with Gasteiger partial charge in [0.1, 0.15) is 0 Å². The van der Waals surface area contributed by atoms with E-state index in [9.17, 15) is 0 Å². The van der Waals surface area contributed by atoms with Crippen molar-refractivity contribution in [1.29, 1.82) is 0 Å². The average Bonchev–Trinajstić information content (AvgIpc) is 2.36. The molecule has 0 saturated carbocycles. The van der Waals surface area contributed by atoms with Gasteiger partial charge < -0.3 is 15.3 Å². The molecule has 4 heteroatoms. The molecule has 0 aliphatic rings. The van der Waals surface area contributed by atoms with E-state index in [4.69, 9.17) is 15.3 Å². The number of hydrazone groups is 1. The third kappa shape index (κ3) is 3.98. The van der Waals surface area contributed by atoms with Gasteiger partial charge in [-0.3, -0.25) is 0 Å². The van der Waals surface area contributed by atoms with Crippen LogP contribution in [0.2, 0.25) is 0 Å². The summed E-state index contributed by atoms with van der Waals surface area (Å²) in [6, 6.07) is 5.64. The summed E-state index contributed by atoms with van der Waals surface area (Å²) in [6.07, 6.45) is 4.94. The topological polar surface area (TPSA) is 56.8 Å². The van der Waals surface area contributed by atoms with Crippen LogP contribution in [0.3, 0.4) is 0 Å². The predicted molar refractivity (Wildman–Crippen MR) is 69.8 cm³/mol. The molecule has 0 heterocycles. The Morgan fingerprint density at radius 2 is 2.18 bits per heavy atom. The lowest BCUT2D eigenvalue weighted by Crippen LogP contribution is -2.02. The van der Waals surface area contributed by atoms with Crippen molar-refractivity contribution in [2.24, 2.45) is 10.9 Å². The highest BCUT2D eigenvalue weighted by atomic mass is 16.5. The lowest BCUT2D eigenvalue weighted by atomic mass is 10.2. The molecule has 1 aromatic rings. The first-order valence-electron chi connectivity index (χ1n) is 5.86. The summed E-state index contributed by atoms with van der Waals surface area (Å²) in [5.41, 5.74) is 0.836. The van der Waals surface area contributed by atoms with Crippen LogP contribution in [-0.2, 0) is 0 Å². The van der Waals surface area contributed by atoms with Crippen LogP contribution in [0.5, 0.6) is 11.5 Å². The lowest BCUT2D eigenvalue weighted by Gasteiger charge is -2.12. The largest absolute Gasteiger partial charge is 0.493 e. The van der Waals surface area contributed by atoms with Gasteiger partial charge in [-0.25, -0.2) is 0 Å². The van der Waals surface area contributed by atoms with E-state index in [0.717, 1.165) is 18.4 Å². The van der Waals surface area contributed by atoms with Crippen LogP contribution in [0.4, 0.5) is 0 Å². The van der Waals surface area contributed by atoms with E-state index in [2.05, 4.69) is 12.0 Å². The third-order valence-corrected chi connectivity index (χ3v) is 2.44. The zero-order valence-corrected chi connectivity index (χ0v) is 10.5. The van der Waals surface area contributed by atoms with Crippen molar-refractivity contribution in [3.8, 4) is 11.5 Å². The van der Waals surface area contributed by atoms with E-state index in [0.29, 0.717) is 18.1 Å². The molecular formula is C13H20N2O2. The van der Waals surface area contributed by atoms with Gasteiger partial charge in [0.15, 0.2) is 11.5 Å². The highest BCUT2D eigenvalue weighted by Gasteiger charge is 2.08. The minimum Gasteiger partial charge on any atom is -0.493 e. The number of unbranched alkanes of at least 4 members (excludes halogenated alkanes) is 2. The quantitative estimate of drug-likeness (QED) is 0.342. The number of nitrogens with zero attached hydrogens (tertiary/aromatic N) is 1. The van der Waals surface area contributed by atoms with E-state index in [-0.39, 0.29) is 0 Å². The number of rotatable bonds is 7. The number of methoxy groups -OCH3 is 1. The third-order valence-electron chi connectivity index (χ3n) is 2.44. The first-order valence-corrected chi connectivity index (χ1v) is 5.86. The second kappa shape index (κ2) is 7.54. The molecule has 0 bridgehead atoms. The fraction of sp³-hybridized carbons (Fsp3) is 0.462. The van der Waals surface area contributed by atoms with Gasteiger partial charge in [-0.05, 0) is 18.6 Å². The molecule has 94 valence electrons. The average molecular weight is 236 g/mol. The summed E-state index contributed by atoms with van der Waals surface area (Å²) in [5, 5.41) is 3.53. The van der Waals surface area contributed by atoms with Crippen molar-refractivity contribution >= 4 is 6.21 Å². The molecule has 0 spiro atoms. The van der Waals surface area contributed by atoms with Crippen LogP contribution in [0.25, 0.3) is 0 Å². The smallest absolute Gasteiger partial charge is 0.169 e. The zero-order valence-electron chi connectivity index (χ0n) is 10.5. The van der Waals surface area contributed by atoms with Gasteiger partial charge in [-0.2, -0.15) is 5.10 Å². The molecule has 0 aliphatic heterocycles. The van der Waals surface area contributed by atoms with Crippen LogP contribution >= 0.6 is 0 Å². The highest BCUT2D eigenvalue weighted by Crippen LogP contribution is 2.30. The fourth-order valence-corrected chi connectivity index (χ4v) is 1.56. The zero-order chi connectivity index (χ0) is 12.5. The molecule has 1 rings (SSSR count). The molecule has 0 aromatic heterocycles. The summed E-state index contributed by atoms with van der Waals surface area (Å²) in [5.74, 6) is 6.59. The number of para-hydroxylation sites is 1. The van der Waals surface area contributed by atoms with Crippen molar-refractivity contribution in [1.82, 2.24) is 0 Å². The van der Waals surface area contributed by atoms with Gasteiger partial charge >= 0.3 is 0 Å². The van der Waals surface area contributed by atoms with Crippen molar-refractivity contribution in [3.63, 3.8) is 0 Å². The van der Waals surface area contributed by atoms with Gasteiger partial charge in [0.2, 0.25) is 0 Å². The molecule has 0 saturated heterocycles. The Labute approximate surface area is 102 Å². The number of benzene rings is 1. The standard InChI is InChI=1S/C13H20N2O2/c1-3-4-5-9-17-13-11(10-15-14)7-6-8-12(13)16-2/h6-8,10H,3-5,9,14H2,1-2H3. The van der Waals surface area contributed by atoms with Crippen molar-refractivity contribution in [2.75, 3.05) is 13.7 Å². The lowest BCUT2D eigenvalue weighted by molar-refractivity contribution is 0.285. The maximum Gasteiger partial charge on any atom is 0.169 e. The molecule has 0 fully saturated rings. The molecule has 0 atom stereocenters. The minimum atomic E-state index is 0.680. The number of ether oxygens (including phenoxy) is 2. The van der Waals surface area contributed by atoms with Gasteiger partial charge in [0.25, 0.3) is 0 Å². The number of hydrogen-bond acceptors (Lipinski definition) is 4. The number of nitrogens with two attached hydrogens (primary N) is 1. The van der Waals surface area contributed by atoms with Gasteiger partial charge in [0.05, 0.1) is 19.9 Å². The van der Waals surface area contributed by atoms with Crippen LogP contribution < -0.4 is 15.3 Å². The molecule has 0 unspecified atom stereocenters. The van der Waals surface area contributed by atoms with Gasteiger partial charge in [-0.15, -0.1) is 0 Å². The van der Waals surface area contributed by atoms with E-state index in [1.54, 1.807) is 13.3 Å². The van der Waals surface area contributed by atoms with Crippen molar-refractivity contribution in [3.05, 3.63) is 23.8 Å². The maximum atomic E-state index is 5.74. The first-order chi connectivity index (χ1) is 8.33. The van der Waals surface area contributed by atoms with E-state index in [1.165, 1.54) is 6.42 Å². The van der Waals surface area contributed by atoms with Crippen LogP contribution in [0.1, 0.15) is 31.7 Å². The van der Waals surface area contributed by atoms with Gasteiger partial charge in [-0.1, -0.05) is 25.8 Å². The molecule has 2 N–H and O–H groups in total. The van der Waals surface area contributed by atoms with E-state index < -0.39 is 0 Å². The normalized spacial score (nSPS) is 10.7. The van der Waals surface area contributed by atoms with E-state index >= 15 is 0 Å². The fourth-order valence-electron chi connectivity index (χ4n) is 1.56. The summed E-state index contributed by atoms with van der Waals surface area (Å²) >= 11 is 0. The molecular weight excluding hydrogens is 216 g/mol. The molecule has 0 aliphatic carbocycles. The summed E-state index contributed by atoms with van der Waals surface area (Å²) < 4.78 is 11.0. The first kappa shape index (κ1) is 13.4.